The molecule has 0 bridgehead atoms. The van der Waals surface area contributed by atoms with Crippen molar-refractivity contribution in [2.24, 2.45) is 0 Å². The van der Waals surface area contributed by atoms with Gasteiger partial charge in [0, 0.05) is 10.2 Å². The minimum absolute atomic E-state index is 0.526. The van der Waals surface area contributed by atoms with Crippen LogP contribution in [-0.4, -0.2) is 31.2 Å². The fourth-order valence-corrected chi connectivity index (χ4v) is 1.68. The summed E-state index contributed by atoms with van der Waals surface area (Å²) in [5, 5.41) is 6.31. The summed E-state index contributed by atoms with van der Waals surface area (Å²) < 4.78 is 36.4. The van der Waals surface area contributed by atoms with Gasteiger partial charge < -0.3 is 16.0 Å². The van der Waals surface area contributed by atoms with Gasteiger partial charge in [-0.25, -0.2) is 4.79 Å². The van der Waals surface area contributed by atoms with Crippen LogP contribution in [-0.2, 0) is 4.79 Å². The molecule has 0 aliphatic rings. The van der Waals surface area contributed by atoms with Crippen molar-refractivity contribution in [3.63, 3.8) is 0 Å². The Kier molecular flexibility index (Phi) is 6.01. The Morgan fingerprint density at radius 3 is 2.52 bits per heavy atom. The van der Waals surface area contributed by atoms with Gasteiger partial charge in [0.2, 0.25) is 5.91 Å². The van der Waals surface area contributed by atoms with Crippen molar-refractivity contribution in [1.82, 2.24) is 10.6 Å². The van der Waals surface area contributed by atoms with E-state index in [1.165, 1.54) is 0 Å². The number of amides is 3. The number of halogens is 4. The molecular formula is C12H13BrF3N3O2. The molecule has 3 amide bonds. The molecule has 116 valence electrons. The highest BCUT2D eigenvalue weighted by atomic mass is 79.9. The summed E-state index contributed by atoms with van der Waals surface area (Å²) in [6, 6.07) is 4.55. The van der Waals surface area contributed by atoms with Gasteiger partial charge in [0.1, 0.15) is 6.54 Å². The van der Waals surface area contributed by atoms with Crippen molar-refractivity contribution in [2.45, 2.75) is 13.1 Å². The maximum Gasteiger partial charge on any atom is 0.405 e. The number of alkyl halides is 3. The molecule has 0 aromatic heterocycles. The molecule has 0 saturated carbocycles. The van der Waals surface area contributed by atoms with Crippen LogP contribution < -0.4 is 16.0 Å². The lowest BCUT2D eigenvalue weighted by atomic mass is 10.2. The molecule has 9 heteroatoms. The zero-order valence-corrected chi connectivity index (χ0v) is 12.6. The van der Waals surface area contributed by atoms with E-state index < -0.39 is 31.2 Å². The second kappa shape index (κ2) is 7.30. The topological polar surface area (TPSA) is 70.2 Å². The van der Waals surface area contributed by atoms with Gasteiger partial charge in [-0.1, -0.05) is 22.0 Å². The third-order valence-corrected chi connectivity index (χ3v) is 2.84. The Morgan fingerprint density at radius 2 is 1.90 bits per heavy atom. The molecule has 1 rings (SSSR count). The lowest BCUT2D eigenvalue weighted by molar-refractivity contribution is -0.137. The molecule has 0 heterocycles. The van der Waals surface area contributed by atoms with Gasteiger partial charge in [0.25, 0.3) is 0 Å². The van der Waals surface area contributed by atoms with Crippen molar-refractivity contribution in [2.75, 3.05) is 18.4 Å². The zero-order chi connectivity index (χ0) is 16.0. The second-order valence-electron chi connectivity index (χ2n) is 4.16. The van der Waals surface area contributed by atoms with E-state index in [0.29, 0.717) is 5.69 Å². The van der Waals surface area contributed by atoms with Crippen molar-refractivity contribution in [3.8, 4) is 0 Å². The number of carbonyl (C=O) groups excluding carboxylic acids is 2. The molecule has 3 N–H and O–H groups in total. The molecule has 1 aromatic carbocycles. The van der Waals surface area contributed by atoms with Crippen LogP contribution in [0.3, 0.4) is 0 Å². The van der Waals surface area contributed by atoms with Crippen LogP contribution in [0.25, 0.3) is 0 Å². The molecule has 0 radical (unpaired) electrons. The van der Waals surface area contributed by atoms with Crippen LogP contribution in [0.2, 0.25) is 0 Å². The monoisotopic (exact) mass is 367 g/mol. The number of aryl methyl sites for hydroxylation is 1. The van der Waals surface area contributed by atoms with E-state index in [9.17, 15) is 22.8 Å². The summed E-state index contributed by atoms with van der Waals surface area (Å²) in [4.78, 5) is 22.6. The van der Waals surface area contributed by atoms with Gasteiger partial charge in [0.05, 0.1) is 6.54 Å². The number of rotatable bonds is 4. The molecule has 0 spiro atoms. The average Bonchev–Trinajstić information content (AvgIpc) is 2.37. The Labute approximate surface area is 127 Å². The van der Waals surface area contributed by atoms with Crippen molar-refractivity contribution in [3.05, 3.63) is 28.2 Å². The number of carbonyl (C=O) groups is 2. The predicted molar refractivity (Wildman–Crippen MR) is 75.0 cm³/mol. The second-order valence-corrected chi connectivity index (χ2v) is 5.07. The summed E-state index contributed by atoms with van der Waals surface area (Å²) in [7, 11) is 0. The number of hydrogen-bond donors (Lipinski definition) is 3. The highest BCUT2D eigenvalue weighted by Gasteiger charge is 2.27. The van der Waals surface area contributed by atoms with Crippen molar-refractivity contribution >= 4 is 33.6 Å². The van der Waals surface area contributed by atoms with E-state index in [4.69, 9.17) is 0 Å². The van der Waals surface area contributed by atoms with E-state index >= 15 is 0 Å². The van der Waals surface area contributed by atoms with Gasteiger partial charge >= 0.3 is 12.2 Å². The normalized spacial score (nSPS) is 10.9. The number of hydrogen-bond acceptors (Lipinski definition) is 2. The third-order valence-electron chi connectivity index (χ3n) is 2.34. The molecular weight excluding hydrogens is 355 g/mol. The van der Waals surface area contributed by atoms with E-state index in [0.717, 1.165) is 10.0 Å². The first kappa shape index (κ1) is 17.3. The first-order valence-corrected chi connectivity index (χ1v) is 6.61. The fourth-order valence-electron chi connectivity index (χ4n) is 1.32. The number of nitrogens with one attached hydrogen (secondary N) is 3. The molecule has 0 saturated heterocycles. The highest BCUT2D eigenvalue weighted by molar-refractivity contribution is 9.10. The lowest BCUT2D eigenvalue weighted by Crippen LogP contribution is -2.42. The predicted octanol–water partition coefficient (Wildman–Crippen LogP) is 2.56. The van der Waals surface area contributed by atoms with Crippen molar-refractivity contribution in [1.29, 1.82) is 0 Å². The third kappa shape index (κ3) is 6.98. The van der Waals surface area contributed by atoms with E-state index in [1.807, 2.05) is 0 Å². The van der Waals surface area contributed by atoms with Crippen LogP contribution in [0, 0.1) is 6.92 Å². The SMILES string of the molecule is Cc1ccc(Br)cc1NC(=O)NCC(=O)NCC(F)(F)F. The number of anilines is 1. The average molecular weight is 368 g/mol. The summed E-state index contributed by atoms with van der Waals surface area (Å²) in [6.07, 6.45) is -4.48. The minimum atomic E-state index is -4.48. The Balaban J connectivity index is 2.41. The summed E-state index contributed by atoms with van der Waals surface area (Å²) in [5.74, 6) is -0.923. The molecule has 0 unspecified atom stereocenters. The maximum absolute atomic E-state index is 11.9. The van der Waals surface area contributed by atoms with Crippen LogP contribution in [0.4, 0.5) is 23.7 Å². The van der Waals surface area contributed by atoms with Gasteiger partial charge in [0.15, 0.2) is 0 Å². The Morgan fingerprint density at radius 1 is 1.24 bits per heavy atom. The van der Waals surface area contributed by atoms with Crippen LogP contribution in [0.5, 0.6) is 0 Å². The molecule has 21 heavy (non-hydrogen) atoms. The van der Waals surface area contributed by atoms with Crippen LogP contribution in [0.1, 0.15) is 5.56 Å². The van der Waals surface area contributed by atoms with Gasteiger partial charge in [-0.15, -0.1) is 0 Å². The minimum Gasteiger partial charge on any atom is -0.345 e. The molecule has 0 fully saturated rings. The van der Waals surface area contributed by atoms with Crippen molar-refractivity contribution < 1.29 is 22.8 Å². The maximum atomic E-state index is 11.9. The van der Waals surface area contributed by atoms with E-state index in [1.54, 1.807) is 30.4 Å². The standard InChI is InChI=1S/C12H13BrF3N3O2/c1-7-2-3-8(13)4-9(7)19-11(21)17-5-10(20)18-6-12(14,15)16/h2-4H,5-6H2,1H3,(H,18,20)(H2,17,19,21). The van der Waals surface area contributed by atoms with Crippen LogP contribution >= 0.6 is 15.9 Å². The Bertz CT molecular complexity index is 535. The number of benzene rings is 1. The lowest BCUT2D eigenvalue weighted by Gasteiger charge is -2.11. The molecule has 5 nitrogen and oxygen atoms in total. The molecule has 1 aromatic rings. The molecule has 0 atom stereocenters. The first-order valence-electron chi connectivity index (χ1n) is 5.82. The zero-order valence-electron chi connectivity index (χ0n) is 11.0. The number of urea groups is 1. The summed E-state index contributed by atoms with van der Waals surface area (Å²) in [6.45, 7) is -0.201. The Hall–Kier alpha value is -1.77. The smallest absolute Gasteiger partial charge is 0.345 e. The van der Waals surface area contributed by atoms with Gasteiger partial charge in [-0.3, -0.25) is 4.79 Å². The first-order chi connectivity index (χ1) is 9.67. The quantitative estimate of drug-likeness (QED) is 0.765. The van der Waals surface area contributed by atoms with E-state index in [2.05, 4.69) is 26.6 Å². The summed E-state index contributed by atoms with van der Waals surface area (Å²) in [5.41, 5.74) is 1.33. The fraction of sp³-hybridized carbons (Fsp3) is 0.333. The highest BCUT2D eigenvalue weighted by Crippen LogP contribution is 2.20. The molecule has 0 aliphatic heterocycles. The van der Waals surface area contributed by atoms with Gasteiger partial charge in [-0.2, -0.15) is 13.2 Å². The molecule has 0 aliphatic carbocycles. The van der Waals surface area contributed by atoms with Gasteiger partial charge in [-0.05, 0) is 24.6 Å². The largest absolute Gasteiger partial charge is 0.405 e. The summed E-state index contributed by atoms with van der Waals surface area (Å²) >= 11 is 3.25. The van der Waals surface area contributed by atoms with Crippen LogP contribution in [0.15, 0.2) is 22.7 Å². The van der Waals surface area contributed by atoms with E-state index in [-0.39, 0.29) is 0 Å².